The molecule has 0 amide bonds. The van der Waals surface area contributed by atoms with Gasteiger partial charge in [-0.05, 0) is 32.1 Å². The van der Waals surface area contributed by atoms with Crippen LogP contribution in [0.4, 0.5) is 0 Å². The standard InChI is InChI=1S/C26H50O5/c1-2-3-4-5-6-7-8-9-10-11-12-13-14-15-16-17-18-19-20-30-26-24(29)22-31-25(26)23(28)21-27/h15-16,23-29H,2-14,17-22H2,1H3/b16-15+/t23-,24+,25-,26-/m1/s1. The highest BCUT2D eigenvalue weighted by atomic mass is 16.6. The Kier molecular flexibility index (Phi) is 18.6. The van der Waals surface area contributed by atoms with Gasteiger partial charge in [0.25, 0.3) is 0 Å². The number of aliphatic hydroxyl groups excluding tert-OH is 3. The fourth-order valence-corrected chi connectivity index (χ4v) is 4.18. The molecular weight excluding hydrogens is 392 g/mol. The molecular formula is C26H50O5. The molecule has 0 radical (unpaired) electrons. The Morgan fingerprint density at radius 2 is 1.35 bits per heavy atom. The number of allylic oxidation sites excluding steroid dienone is 2. The minimum absolute atomic E-state index is 0.147. The first kappa shape index (κ1) is 28.6. The van der Waals surface area contributed by atoms with Gasteiger partial charge in [0.2, 0.25) is 0 Å². The van der Waals surface area contributed by atoms with Crippen LogP contribution in [0.1, 0.15) is 110 Å². The molecule has 1 heterocycles. The normalized spacial score (nSPS) is 22.5. The van der Waals surface area contributed by atoms with E-state index in [1.165, 1.54) is 83.5 Å². The van der Waals surface area contributed by atoms with Crippen molar-refractivity contribution in [2.24, 2.45) is 0 Å². The van der Waals surface area contributed by atoms with Crippen LogP contribution in [0.2, 0.25) is 0 Å². The van der Waals surface area contributed by atoms with E-state index in [9.17, 15) is 10.2 Å². The summed E-state index contributed by atoms with van der Waals surface area (Å²) >= 11 is 0. The van der Waals surface area contributed by atoms with E-state index in [4.69, 9.17) is 14.6 Å². The number of aliphatic hydroxyl groups is 3. The molecule has 0 aliphatic carbocycles. The van der Waals surface area contributed by atoms with Gasteiger partial charge in [0.1, 0.15) is 24.4 Å². The Bertz CT molecular complexity index is 415. The van der Waals surface area contributed by atoms with E-state index in [-0.39, 0.29) is 13.2 Å². The molecule has 5 heteroatoms. The van der Waals surface area contributed by atoms with E-state index in [0.29, 0.717) is 6.61 Å². The van der Waals surface area contributed by atoms with Gasteiger partial charge in [-0.1, -0.05) is 89.7 Å². The highest BCUT2D eigenvalue weighted by molar-refractivity contribution is 4.89. The van der Waals surface area contributed by atoms with Crippen molar-refractivity contribution in [1.82, 2.24) is 0 Å². The maximum atomic E-state index is 9.90. The highest BCUT2D eigenvalue weighted by Crippen LogP contribution is 2.21. The molecule has 1 fully saturated rings. The van der Waals surface area contributed by atoms with Crippen LogP contribution in [0, 0.1) is 0 Å². The first-order valence-electron chi connectivity index (χ1n) is 13.1. The van der Waals surface area contributed by atoms with Crippen LogP contribution in [0.5, 0.6) is 0 Å². The molecule has 0 unspecified atom stereocenters. The quantitative estimate of drug-likeness (QED) is 0.166. The van der Waals surface area contributed by atoms with Gasteiger partial charge in [0.15, 0.2) is 0 Å². The van der Waals surface area contributed by atoms with Crippen LogP contribution in [0.15, 0.2) is 12.2 Å². The van der Waals surface area contributed by atoms with Crippen LogP contribution in [0.3, 0.4) is 0 Å². The zero-order valence-electron chi connectivity index (χ0n) is 20.1. The maximum Gasteiger partial charge on any atom is 0.114 e. The van der Waals surface area contributed by atoms with E-state index in [1.807, 2.05) is 0 Å². The average Bonchev–Trinajstić information content (AvgIpc) is 3.15. The first-order chi connectivity index (χ1) is 15.2. The summed E-state index contributed by atoms with van der Waals surface area (Å²) in [5.41, 5.74) is 0. The van der Waals surface area contributed by atoms with Gasteiger partial charge in [-0.2, -0.15) is 0 Å². The molecule has 1 aliphatic rings. The molecule has 1 aliphatic heterocycles. The average molecular weight is 443 g/mol. The van der Waals surface area contributed by atoms with Crippen molar-refractivity contribution in [3.05, 3.63) is 12.2 Å². The summed E-state index contributed by atoms with van der Waals surface area (Å²) in [7, 11) is 0. The van der Waals surface area contributed by atoms with Crippen molar-refractivity contribution >= 4 is 0 Å². The molecule has 0 aromatic heterocycles. The van der Waals surface area contributed by atoms with Crippen LogP contribution in [-0.4, -0.2) is 59.6 Å². The third kappa shape index (κ3) is 14.3. The Labute approximate surface area is 191 Å². The van der Waals surface area contributed by atoms with Crippen molar-refractivity contribution in [2.45, 2.75) is 134 Å². The smallest absolute Gasteiger partial charge is 0.114 e. The van der Waals surface area contributed by atoms with Crippen LogP contribution < -0.4 is 0 Å². The van der Waals surface area contributed by atoms with Crippen LogP contribution >= 0.6 is 0 Å². The lowest BCUT2D eigenvalue weighted by Crippen LogP contribution is -2.42. The summed E-state index contributed by atoms with van der Waals surface area (Å²) in [6.45, 7) is 2.57. The van der Waals surface area contributed by atoms with Gasteiger partial charge >= 0.3 is 0 Å². The van der Waals surface area contributed by atoms with Crippen molar-refractivity contribution in [3.8, 4) is 0 Å². The van der Waals surface area contributed by atoms with Crippen molar-refractivity contribution in [3.63, 3.8) is 0 Å². The molecule has 0 aromatic rings. The SMILES string of the molecule is CCCCCCCCCCCCCC/C=C/CCCCO[C@H]1[C@@H]([C@H](O)CO)OC[C@@H]1O. The summed E-state index contributed by atoms with van der Waals surface area (Å²) in [5, 5.41) is 28.7. The zero-order chi connectivity index (χ0) is 22.6. The van der Waals surface area contributed by atoms with Crippen molar-refractivity contribution in [2.75, 3.05) is 19.8 Å². The number of hydrogen-bond acceptors (Lipinski definition) is 5. The topological polar surface area (TPSA) is 79.2 Å². The van der Waals surface area contributed by atoms with E-state index in [2.05, 4.69) is 19.1 Å². The van der Waals surface area contributed by atoms with E-state index in [1.54, 1.807) is 0 Å². The summed E-state index contributed by atoms with van der Waals surface area (Å²) in [5.74, 6) is 0. The van der Waals surface area contributed by atoms with Crippen molar-refractivity contribution < 1.29 is 24.8 Å². The van der Waals surface area contributed by atoms with Gasteiger partial charge < -0.3 is 24.8 Å². The third-order valence-electron chi connectivity index (χ3n) is 6.20. The van der Waals surface area contributed by atoms with Gasteiger partial charge in [-0.15, -0.1) is 0 Å². The fraction of sp³-hybridized carbons (Fsp3) is 0.923. The van der Waals surface area contributed by atoms with Crippen molar-refractivity contribution in [1.29, 1.82) is 0 Å². The molecule has 1 saturated heterocycles. The number of unbranched alkanes of at least 4 members (excludes halogenated alkanes) is 14. The Hall–Kier alpha value is -0.460. The lowest BCUT2D eigenvalue weighted by molar-refractivity contribution is -0.0937. The largest absolute Gasteiger partial charge is 0.394 e. The highest BCUT2D eigenvalue weighted by Gasteiger charge is 2.40. The molecule has 4 atom stereocenters. The van der Waals surface area contributed by atoms with E-state index >= 15 is 0 Å². The van der Waals surface area contributed by atoms with E-state index < -0.39 is 24.4 Å². The second-order valence-electron chi connectivity index (χ2n) is 9.10. The number of rotatable bonds is 21. The summed E-state index contributed by atoms with van der Waals surface area (Å²) in [6, 6.07) is 0. The predicted molar refractivity (Wildman–Crippen MR) is 127 cm³/mol. The van der Waals surface area contributed by atoms with Gasteiger partial charge in [0, 0.05) is 6.61 Å². The van der Waals surface area contributed by atoms with Gasteiger partial charge in [0.05, 0.1) is 13.2 Å². The molecule has 31 heavy (non-hydrogen) atoms. The fourth-order valence-electron chi connectivity index (χ4n) is 4.18. The number of hydrogen-bond donors (Lipinski definition) is 3. The lowest BCUT2D eigenvalue weighted by Gasteiger charge is -2.23. The molecule has 0 saturated carbocycles. The molecule has 5 nitrogen and oxygen atoms in total. The Morgan fingerprint density at radius 1 is 0.839 bits per heavy atom. The minimum atomic E-state index is -1.01. The molecule has 184 valence electrons. The maximum absolute atomic E-state index is 9.90. The van der Waals surface area contributed by atoms with E-state index in [0.717, 1.165) is 19.3 Å². The molecule has 0 aromatic carbocycles. The summed E-state index contributed by atoms with van der Waals surface area (Å²) in [4.78, 5) is 0. The van der Waals surface area contributed by atoms with Crippen LogP contribution in [0.25, 0.3) is 0 Å². The second-order valence-corrected chi connectivity index (χ2v) is 9.10. The summed E-state index contributed by atoms with van der Waals surface area (Å²) in [6.07, 6.45) is 22.5. The number of ether oxygens (including phenoxy) is 2. The predicted octanol–water partition coefficient (Wildman–Crippen LogP) is 5.30. The summed E-state index contributed by atoms with van der Waals surface area (Å²) < 4.78 is 11.0. The van der Waals surface area contributed by atoms with Crippen LogP contribution in [-0.2, 0) is 9.47 Å². The molecule has 0 bridgehead atoms. The third-order valence-corrected chi connectivity index (χ3v) is 6.20. The molecule has 1 rings (SSSR count). The Balaban J connectivity index is 1.84. The molecule has 0 spiro atoms. The minimum Gasteiger partial charge on any atom is -0.394 e. The van der Waals surface area contributed by atoms with Gasteiger partial charge in [-0.25, -0.2) is 0 Å². The van der Waals surface area contributed by atoms with Gasteiger partial charge in [-0.3, -0.25) is 0 Å². The second kappa shape index (κ2) is 20.2. The lowest BCUT2D eigenvalue weighted by atomic mass is 10.0. The first-order valence-corrected chi connectivity index (χ1v) is 13.1. The monoisotopic (exact) mass is 442 g/mol. The molecule has 3 N–H and O–H groups in total. The Morgan fingerprint density at radius 3 is 1.90 bits per heavy atom. The zero-order valence-corrected chi connectivity index (χ0v) is 20.1.